The first kappa shape index (κ1) is 10.5. The molecule has 3 nitrogen and oxygen atoms in total. The third-order valence-corrected chi connectivity index (χ3v) is 2.62. The number of rotatable bonds is 4. The molecule has 0 bridgehead atoms. The molecule has 1 aliphatic rings. The first-order valence-corrected chi connectivity index (χ1v) is 5.20. The average molecular weight is 185 g/mol. The first-order chi connectivity index (χ1) is 6.24. The van der Waals surface area contributed by atoms with E-state index in [9.17, 15) is 9.90 Å². The lowest BCUT2D eigenvalue weighted by Crippen LogP contribution is -2.28. The highest BCUT2D eigenvalue weighted by molar-refractivity contribution is 5.76. The number of nitrogens with zero attached hydrogens (tertiary/aromatic N) is 1. The van der Waals surface area contributed by atoms with Gasteiger partial charge in [-0.2, -0.15) is 0 Å². The van der Waals surface area contributed by atoms with Crippen LogP contribution in [0.15, 0.2) is 0 Å². The Kier molecular flexibility index (Phi) is 4.22. The van der Waals surface area contributed by atoms with Crippen molar-refractivity contribution in [2.75, 3.05) is 13.1 Å². The number of likely N-dealkylation sites (tertiary alicyclic amines) is 1. The third kappa shape index (κ3) is 3.35. The van der Waals surface area contributed by atoms with Crippen LogP contribution in [0, 0.1) is 0 Å². The minimum Gasteiger partial charge on any atom is -0.393 e. The molecule has 0 radical (unpaired) electrons. The maximum atomic E-state index is 11.5. The van der Waals surface area contributed by atoms with Gasteiger partial charge in [-0.1, -0.05) is 6.92 Å². The fourth-order valence-electron chi connectivity index (χ4n) is 1.62. The lowest BCUT2D eigenvalue weighted by Gasteiger charge is -2.15. The minimum atomic E-state index is -0.299. The second kappa shape index (κ2) is 5.22. The van der Waals surface area contributed by atoms with Crippen LogP contribution in [-0.2, 0) is 4.79 Å². The first-order valence-electron chi connectivity index (χ1n) is 5.20. The van der Waals surface area contributed by atoms with E-state index in [2.05, 4.69) is 0 Å². The maximum Gasteiger partial charge on any atom is 0.222 e. The highest BCUT2D eigenvalue weighted by Crippen LogP contribution is 2.11. The van der Waals surface area contributed by atoms with E-state index in [1.165, 1.54) is 0 Å². The molecular weight excluding hydrogens is 166 g/mol. The summed E-state index contributed by atoms with van der Waals surface area (Å²) in [6.45, 7) is 3.77. The number of aliphatic hydroxyl groups excluding tert-OH is 1. The molecule has 0 aromatic carbocycles. The summed E-state index contributed by atoms with van der Waals surface area (Å²) in [5.41, 5.74) is 0. The van der Waals surface area contributed by atoms with Crippen LogP contribution < -0.4 is 0 Å². The van der Waals surface area contributed by atoms with Gasteiger partial charge in [-0.05, 0) is 25.7 Å². The molecule has 0 aliphatic carbocycles. The Morgan fingerprint density at radius 3 is 2.62 bits per heavy atom. The summed E-state index contributed by atoms with van der Waals surface area (Å²) in [4.78, 5) is 13.4. The van der Waals surface area contributed by atoms with Gasteiger partial charge in [0.05, 0.1) is 6.10 Å². The molecule has 1 rings (SSSR count). The van der Waals surface area contributed by atoms with Crippen molar-refractivity contribution in [2.24, 2.45) is 0 Å². The summed E-state index contributed by atoms with van der Waals surface area (Å²) in [6.07, 6.45) is 3.85. The van der Waals surface area contributed by atoms with Crippen molar-refractivity contribution in [3.63, 3.8) is 0 Å². The van der Waals surface area contributed by atoms with Crippen LogP contribution in [0.5, 0.6) is 0 Å². The largest absolute Gasteiger partial charge is 0.393 e. The van der Waals surface area contributed by atoms with Crippen molar-refractivity contribution in [2.45, 2.75) is 45.1 Å². The number of amides is 1. The zero-order chi connectivity index (χ0) is 9.68. The van der Waals surface area contributed by atoms with Crippen molar-refractivity contribution in [3.05, 3.63) is 0 Å². The zero-order valence-corrected chi connectivity index (χ0v) is 8.33. The standard InChI is InChI=1S/C10H19NO2/c1-2-9(12)5-6-10(13)11-7-3-4-8-11/h9,12H,2-8H2,1H3. The molecule has 1 fully saturated rings. The van der Waals surface area contributed by atoms with Gasteiger partial charge in [0.1, 0.15) is 0 Å². The second-order valence-corrected chi connectivity index (χ2v) is 3.69. The van der Waals surface area contributed by atoms with E-state index in [1.807, 2.05) is 11.8 Å². The van der Waals surface area contributed by atoms with Crippen LogP contribution in [-0.4, -0.2) is 35.1 Å². The fourth-order valence-corrected chi connectivity index (χ4v) is 1.62. The Morgan fingerprint density at radius 2 is 2.08 bits per heavy atom. The van der Waals surface area contributed by atoms with Gasteiger partial charge in [0.15, 0.2) is 0 Å². The number of carbonyl (C=O) groups excluding carboxylic acids is 1. The molecule has 1 unspecified atom stereocenters. The van der Waals surface area contributed by atoms with E-state index >= 15 is 0 Å². The smallest absolute Gasteiger partial charge is 0.222 e. The number of hydrogen-bond donors (Lipinski definition) is 1. The molecule has 1 amide bonds. The van der Waals surface area contributed by atoms with Crippen molar-refractivity contribution in [1.29, 1.82) is 0 Å². The van der Waals surface area contributed by atoms with Gasteiger partial charge in [-0.15, -0.1) is 0 Å². The van der Waals surface area contributed by atoms with Crippen molar-refractivity contribution < 1.29 is 9.90 Å². The summed E-state index contributed by atoms with van der Waals surface area (Å²) in [6, 6.07) is 0. The van der Waals surface area contributed by atoms with E-state index in [-0.39, 0.29) is 12.0 Å². The molecule has 1 aliphatic heterocycles. The van der Waals surface area contributed by atoms with Crippen LogP contribution in [0.1, 0.15) is 39.0 Å². The summed E-state index contributed by atoms with van der Waals surface area (Å²) < 4.78 is 0. The average Bonchev–Trinajstić information content (AvgIpc) is 2.66. The molecule has 0 aromatic rings. The predicted octanol–water partition coefficient (Wildman–Crippen LogP) is 1.16. The molecule has 13 heavy (non-hydrogen) atoms. The van der Waals surface area contributed by atoms with Crippen LogP contribution in [0.4, 0.5) is 0 Å². The Labute approximate surface area is 79.7 Å². The van der Waals surface area contributed by atoms with E-state index < -0.39 is 0 Å². The van der Waals surface area contributed by atoms with Gasteiger partial charge in [0.25, 0.3) is 0 Å². The van der Waals surface area contributed by atoms with Gasteiger partial charge >= 0.3 is 0 Å². The molecule has 0 saturated carbocycles. The molecule has 0 aromatic heterocycles. The Bertz CT molecular complexity index is 164. The summed E-state index contributed by atoms with van der Waals surface area (Å²) >= 11 is 0. The van der Waals surface area contributed by atoms with Crippen molar-refractivity contribution in [1.82, 2.24) is 4.90 Å². The molecule has 0 spiro atoms. The van der Waals surface area contributed by atoms with Gasteiger partial charge in [0.2, 0.25) is 5.91 Å². The third-order valence-electron chi connectivity index (χ3n) is 2.62. The quantitative estimate of drug-likeness (QED) is 0.714. The topological polar surface area (TPSA) is 40.5 Å². The Balaban J connectivity index is 2.16. The van der Waals surface area contributed by atoms with Crippen molar-refractivity contribution >= 4 is 5.91 Å². The summed E-state index contributed by atoms with van der Waals surface area (Å²) in [5, 5.41) is 9.28. The van der Waals surface area contributed by atoms with Gasteiger partial charge < -0.3 is 10.0 Å². The summed E-state index contributed by atoms with van der Waals surface area (Å²) in [5.74, 6) is 0.213. The normalized spacial score (nSPS) is 19.1. The Hall–Kier alpha value is -0.570. The van der Waals surface area contributed by atoms with Crippen LogP contribution >= 0.6 is 0 Å². The van der Waals surface area contributed by atoms with E-state index in [1.54, 1.807) is 0 Å². The molecule has 1 saturated heterocycles. The van der Waals surface area contributed by atoms with E-state index in [0.29, 0.717) is 12.8 Å². The molecule has 76 valence electrons. The molecule has 1 heterocycles. The van der Waals surface area contributed by atoms with Gasteiger partial charge in [-0.25, -0.2) is 0 Å². The van der Waals surface area contributed by atoms with Crippen molar-refractivity contribution in [3.8, 4) is 0 Å². The van der Waals surface area contributed by atoms with Gasteiger partial charge in [0, 0.05) is 19.5 Å². The monoisotopic (exact) mass is 185 g/mol. The highest BCUT2D eigenvalue weighted by atomic mass is 16.3. The second-order valence-electron chi connectivity index (χ2n) is 3.69. The SMILES string of the molecule is CCC(O)CCC(=O)N1CCCC1. The predicted molar refractivity (Wildman–Crippen MR) is 51.3 cm³/mol. The number of carbonyl (C=O) groups is 1. The van der Waals surface area contributed by atoms with E-state index in [0.717, 1.165) is 32.4 Å². The number of hydrogen-bond acceptors (Lipinski definition) is 2. The molecular formula is C10H19NO2. The zero-order valence-electron chi connectivity index (χ0n) is 8.33. The van der Waals surface area contributed by atoms with Crippen LogP contribution in [0.2, 0.25) is 0 Å². The lowest BCUT2D eigenvalue weighted by atomic mass is 10.1. The Morgan fingerprint density at radius 1 is 1.46 bits per heavy atom. The lowest BCUT2D eigenvalue weighted by molar-refractivity contribution is -0.130. The molecule has 1 N–H and O–H groups in total. The molecule has 1 atom stereocenters. The molecule has 3 heteroatoms. The maximum absolute atomic E-state index is 11.5. The van der Waals surface area contributed by atoms with Crippen LogP contribution in [0.3, 0.4) is 0 Å². The van der Waals surface area contributed by atoms with E-state index in [4.69, 9.17) is 0 Å². The fraction of sp³-hybridized carbons (Fsp3) is 0.900. The van der Waals surface area contributed by atoms with Gasteiger partial charge in [-0.3, -0.25) is 4.79 Å². The highest BCUT2D eigenvalue weighted by Gasteiger charge is 2.17. The minimum absolute atomic E-state index is 0.213. The summed E-state index contributed by atoms with van der Waals surface area (Å²) in [7, 11) is 0. The van der Waals surface area contributed by atoms with Crippen LogP contribution in [0.25, 0.3) is 0 Å². The number of aliphatic hydroxyl groups is 1.